The minimum absolute atomic E-state index is 0.119. The van der Waals surface area contributed by atoms with Crippen molar-refractivity contribution in [2.75, 3.05) is 0 Å². The van der Waals surface area contributed by atoms with Gasteiger partial charge in [0.2, 0.25) is 0 Å². The van der Waals surface area contributed by atoms with Crippen molar-refractivity contribution in [2.45, 2.75) is 51.6 Å². The molecule has 1 heterocycles. The van der Waals surface area contributed by atoms with Gasteiger partial charge in [-0.3, -0.25) is 4.99 Å². The monoisotopic (exact) mass is 230 g/mol. The van der Waals surface area contributed by atoms with E-state index >= 15 is 0 Å². The predicted molar refractivity (Wildman–Crippen MR) is 75.1 cm³/mol. The summed E-state index contributed by atoms with van der Waals surface area (Å²) in [5.41, 5.74) is 1.73. The summed E-state index contributed by atoms with van der Waals surface area (Å²) in [7, 11) is 0. The zero-order valence-electron chi connectivity index (χ0n) is 11.1. The Kier molecular flexibility index (Phi) is 4.57. The third-order valence-electron chi connectivity index (χ3n) is 2.97. The van der Waals surface area contributed by atoms with Gasteiger partial charge < -0.3 is 5.32 Å². The third kappa shape index (κ3) is 4.11. The van der Waals surface area contributed by atoms with Gasteiger partial charge in [0.1, 0.15) is 0 Å². The lowest BCUT2D eigenvalue weighted by molar-refractivity contribution is 0.338. The molecule has 0 radical (unpaired) electrons. The number of rotatable bonds is 4. The lowest BCUT2D eigenvalue weighted by atomic mass is 9.90. The molecule has 0 spiro atoms. The van der Waals surface area contributed by atoms with Gasteiger partial charge in [-0.1, -0.05) is 19.1 Å². The molecule has 0 amide bonds. The molecule has 0 aromatic rings. The molecule has 0 bridgehead atoms. The summed E-state index contributed by atoms with van der Waals surface area (Å²) in [6, 6.07) is 0.230. The first-order chi connectivity index (χ1) is 7.93. The molecular weight excluding hydrogens is 208 g/mol. The van der Waals surface area contributed by atoms with Crippen LogP contribution in [0.5, 0.6) is 0 Å². The first-order valence-electron chi connectivity index (χ1n) is 6.04. The van der Waals surface area contributed by atoms with E-state index in [4.69, 9.17) is 0 Å². The highest BCUT2D eigenvalue weighted by Crippen LogP contribution is 2.21. The molecule has 2 heteroatoms. The molecular formula is C15H22N2. The number of nitrogens with one attached hydrogen (secondary N) is 1. The lowest BCUT2D eigenvalue weighted by Gasteiger charge is -2.34. The van der Waals surface area contributed by atoms with Crippen molar-refractivity contribution < 1.29 is 0 Å². The Morgan fingerprint density at radius 1 is 1.41 bits per heavy atom. The second kappa shape index (κ2) is 5.72. The Morgan fingerprint density at radius 3 is 2.76 bits per heavy atom. The van der Waals surface area contributed by atoms with Gasteiger partial charge in [-0.05, 0) is 32.8 Å². The number of hydrogen-bond acceptors (Lipinski definition) is 2. The molecule has 0 saturated carbocycles. The first kappa shape index (κ1) is 13.6. The maximum absolute atomic E-state index is 4.61. The van der Waals surface area contributed by atoms with Crippen molar-refractivity contribution in [3.8, 4) is 11.8 Å². The smallest absolute Gasteiger partial charge is 0.0729 e. The van der Waals surface area contributed by atoms with Crippen LogP contribution in [0, 0.1) is 11.8 Å². The maximum Gasteiger partial charge on any atom is 0.0729 e. The van der Waals surface area contributed by atoms with Crippen molar-refractivity contribution in [1.29, 1.82) is 0 Å². The van der Waals surface area contributed by atoms with Crippen LogP contribution >= 0.6 is 0 Å². The Bertz CT molecular complexity index is 391. The Morgan fingerprint density at radius 2 is 2.12 bits per heavy atom. The van der Waals surface area contributed by atoms with E-state index < -0.39 is 0 Å². The fraction of sp³-hybridized carbons (Fsp3) is 0.533. The van der Waals surface area contributed by atoms with Crippen molar-refractivity contribution in [1.82, 2.24) is 5.32 Å². The molecule has 92 valence electrons. The minimum atomic E-state index is -0.119. The van der Waals surface area contributed by atoms with Gasteiger partial charge in [0, 0.05) is 24.8 Å². The molecule has 1 aliphatic heterocycles. The van der Waals surface area contributed by atoms with Crippen LogP contribution in [-0.2, 0) is 0 Å². The van der Waals surface area contributed by atoms with Crippen LogP contribution in [0.4, 0.5) is 0 Å². The molecule has 1 aliphatic rings. The average Bonchev–Trinajstić information content (AvgIpc) is 2.14. The average molecular weight is 230 g/mol. The van der Waals surface area contributed by atoms with E-state index in [9.17, 15) is 0 Å². The highest BCUT2D eigenvalue weighted by molar-refractivity contribution is 5.61. The van der Waals surface area contributed by atoms with Crippen LogP contribution < -0.4 is 5.32 Å². The highest BCUT2D eigenvalue weighted by Gasteiger charge is 2.28. The van der Waals surface area contributed by atoms with Crippen LogP contribution in [0.1, 0.15) is 40.0 Å². The van der Waals surface area contributed by atoms with Crippen molar-refractivity contribution in [3.63, 3.8) is 0 Å². The molecule has 17 heavy (non-hydrogen) atoms. The van der Waals surface area contributed by atoms with E-state index in [0.29, 0.717) is 0 Å². The van der Waals surface area contributed by atoms with Crippen molar-refractivity contribution >= 4 is 6.21 Å². The summed E-state index contributed by atoms with van der Waals surface area (Å²) in [5, 5.41) is 3.42. The predicted octanol–water partition coefficient (Wildman–Crippen LogP) is 3.07. The Balaban J connectivity index is 2.72. The van der Waals surface area contributed by atoms with Crippen LogP contribution in [0.25, 0.3) is 0 Å². The lowest BCUT2D eigenvalue weighted by Crippen LogP contribution is -2.48. The number of allylic oxidation sites excluding steroid dienone is 1. The summed E-state index contributed by atoms with van der Waals surface area (Å²) < 4.78 is 0. The third-order valence-corrected chi connectivity index (χ3v) is 2.97. The molecule has 1 rings (SSSR count). The first-order valence-corrected chi connectivity index (χ1v) is 6.04. The van der Waals surface area contributed by atoms with Gasteiger partial charge in [0.25, 0.3) is 0 Å². The zero-order valence-corrected chi connectivity index (χ0v) is 11.1. The van der Waals surface area contributed by atoms with Crippen molar-refractivity contribution in [3.05, 3.63) is 24.4 Å². The number of nitrogens with zero attached hydrogens (tertiary/aromatic N) is 1. The van der Waals surface area contributed by atoms with E-state index in [1.165, 1.54) is 0 Å². The fourth-order valence-corrected chi connectivity index (χ4v) is 1.80. The normalized spacial score (nSPS) is 21.5. The largest absolute Gasteiger partial charge is 0.378 e. The quantitative estimate of drug-likeness (QED) is 0.582. The van der Waals surface area contributed by atoms with Gasteiger partial charge in [0.05, 0.1) is 11.6 Å². The molecule has 0 unspecified atom stereocenters. The fourth-order valence-electron chi connectivity index (χ4n) is 1.80. The molecule has 1 atom stereocenters. The number of hydrogen-bond donors (Lipinski definition) is 1. The van der Waals surface area contributed by atoms with Crippen LogP contribution in [0.2, 0.25) is 0 Å². The van der Waals surface area contributed by atoms with Gasteiger partial charge in [0.15, 0.2) is 0 Å². The van der Waals surface area contributed by atoms with E-state index in [2.05, 4.69) is 49.2 Å². The summed E-state index contributed by atoms with van der Waals surface area (Å²) in [6.07, 6.45) is 4.57. The molecule has 0 aromatic heterocycles. The van der Waals surface area contributed by atoms with Crippen LogP contribution in [0.3, 0.4) is 0 Å². The van der Waals surface area contributed by atoms with Gasteiger partial charge >= 0.3 is 0 Å². The minimum Gasteiger partial charge on any atom is -0.378 e. The topological polar surface area (TPSA) is 24.4 Å². The van der Waals surface area contributed by atoms with Crippen molar-refractivity contribution in [2.24, 2.45) is 4.99 Å². The van der Waals surface area contributed by atoms with E-state index in [0.717, 1.165) is 30.5 Å². The van der Waals surface area contributed by atoms with Gasteiger partial charge in [-0.2, -0.15) is 0 Å². The molecule has 0 saturated heterocycles. The Labute approximate surface area is 105 Å². The summed E-state index contributed by atoms with van der Waals surface area (Å²) in [5.74, 6) is 6.22. The summed E-state index contributed by atoms with van der Waals surface area (Å²) in [6.45, 7) is 14.1. The van der Waals surface area contributed by atoms with Gasteiger partial charge in [-0.15, -0.1) is 5.92 Å². The van der Waals surface area contributed by atoms with E-state index in [1.54, 1.807) is 0 Å². The van der Waals surface area contributed by atoms with Gasteiger partial charge in [-0.25, -0.2) is 0 Å². The van der Waals surface area contributed by atoms with Crippen LogP contribution in [0.15, 0.2) is 29.4 Å². The highest BCUT2D eigenvalue weighted by atomic mass is 15.0. The number of aliphatic imine (C=N–C) groups is 1. The molecule has 0 fully saturated rings. The maximum atomic E-state index is 4.61. The molecule has 0 aromatic carbocycles. The second-order valence-corrected chi connectivity index (χ2v) is 5.05. The summed E-state index contributed by atoms with van der Waals surface area (Å²) >= 11 is 0. The molecule has 2 nitrogen and oxygen atoms in total. The standard InChI is InChI=1S/C15H22N2/c1-12(2)13(3)17-15(4,5)14-10-8-6-7-9-11-16-14/h11,14,17H,1,3,8-10H2,2,4-5H3/b16-11-/t14-/m0/s1. The Hall–Kier alpha value is -1.49. The van der Waals surface area contributed by atoms with Crippen LogP contribution in [-0.4, -0.2) is 17.8 Å². The summed E-state index contributed by atoms with van der Waals surface area (Å²) in [4.78, 5) is 4.61. The molecule has 0 aliphatic carbocycles. The van der Waals surface area contributed by atoms with E-state index in [1.807, 2.05) is 13.1 Å². The zero-order chi connectivity index (χ0) is 12.9. The molecule has 1 N–H and O–H groups in total. The second-order valence-electron chi connectivity index (χ2n) is 5.05. The SMILES string of the molecule is C=C(C)C(=C)NC(C)(C)[C@@H]1CCC#CC/C=N\1. The van der Waals surface area contributed by atoms with E-state index in [-0.39, 0.29) is 11.6 Å².